The maximum absolute atomic E-state index is 13.5. The van der Waals surface area contributed by atoms with Gasteiger partial charge in [0.15, 0.2) is 5.78 Å². The molecule has 0 radical (unpaired) electrons. The molecule has 1 aromatic heterocycles. The highest BCUT2D eigenvalue weighted by Crippen LogP contribution is 2.28. The Kier molecular flexibility index (Phi) is 3.39. The van der Waals surface area contributed by atoms with Gasteiger partial charge in [0, 0.05) is 28.2 Å². The van der Waals surface area contributed by atoms with E-state index in [2.05, 4.69) is 4.98 Å². The van der Waals surface area contributed by atoms with Crippen LogP contribution in [0.4, 0.5) is 4.39 Å². The van der Waals surface area contributed by atoms with Gasteiger partial charge in [-0.1, -0.05) is 17.7 Å². The first-order valence-electron chi connectivity index (χ1n) is 6.25. The van der Waals surface area contributed by atoms with Crippen molar-refractivity contribution in [2.75, 3.05) is 7.11 Å². The molecule has 3 rings (SSSR count). The zero-order valence-electron chi connectivity index (χ0n) is 11.1. The van der Waals surface area contributed by atoms with Gasteiger partial charge < -0.3 is 9.72 Å². The van der Waals surface area contributed by atoms with Gasteiger partial charge >= 0.3 is 0 Å². The topological polar surface area (TPSA) is 42.1 Å². The molecule has 2 aromatic carbocycles. The maximum Gasteiger partial charge on any atom is 0.196 e. The van der Waals surface area contributed by atoms with Crippen LogP contribution in [0.25, 0.3) is 10.9 Å². The second kappa shape index (κ2) is 5.22. The highest BCUT2D eigenvalue weighted by Gasteiger charge is 2.19. The van der Waals surface area contributed by atoms with Crippen LogP contribution in [-0.4, -0.2) is 17.9 Å². The normalized spacial score (nSPS) is 10.8. The fourth-order valence-electron chi connectivity index (χ4n) is 2.24. The van der Waals surface area contributed by atoms with E-state index in [1.54, 1.807) is 25.4 Å². The van der Waals surface area contributed by atoms with Gasteiger partial charge in [0.05, 0.1) is 12.1 Å². The molecule has 3 nitrogen and oxygen atoms in total. The molecule has 5 heteroatoms. The number of carbonyl (C=O) groups excluding carboxylic acids is 1. The van der Waals surface area contributed by atoms with E-state index in [0.717, 1.165) is 5.52 Å². The van der Waals surface area contributed by atoms with Crippen molar-refractivity contribution in [2.45, 2.75) is 0 Å². The van der Waals surface area contributed by atoms with Crippen LogP contribution in [0.15, 0.2) is 42.6 Å². The molecule has 0 spiro atoms. The molecule has 0 aliphatic heterocycles. The lowest BCUT2D eigenvalue weighted by molar-refractivity contribution is 0.104. The molecule has 0 fully saturated rings. The van der Waals surface area contributed by atoms with Crippen LogP contribution in [0.5, 0.6) is 5.75 Å². The molecule has 3 aromatic rings. The lowest BCUT2D eigenvalue weighted by atomic mass is 10.0. The van der Waals surface area contributed by atoms with Crippen molar-refractivity contribution in [1.29, 1.82) is 0 Å². The lowest BCUT2D eigenvalue weighted by Crippen LogP contribution is -2.02. The van der Waals surface area contributed by atoms with Crippen molar-refractivity contribution in [3.8, 4) is 5.75 Å². The molecule has 1 N–H and O–H groups in total. The average molecular weight is 304 g/mol. The Balaban J connectivity index is 2.15. The van der Waals surface area contributed by atoms with Crippen LogP contribution in [0.3, 0.4) is 0 Å². The van der Waals surface area contributed by atoms with Crippen molar-refractivity contribution in [3.63, 3.8) is 0 Å². The molecular weight excluding hydrogens is 293 g/mol. The molecule has 0 aliphatic rings. The first-order valence-corrected chi connectivity index (χ1v) is 6.63. The number of hydrogen-bond acceptors (Lipinski definition) is 2. The second-order valence-corrected chi connectivity index (χ2v) is 4.92. The average Bonchev–Trinajstić information content (AvgIpc) is 2.92. The third-order valence-electron chi connectivity index (χ3n) is 3.33. The first-order chi connectivity index (χ1) is 10.1. The highest BCUT2D eigenvalue weighted by molar-refractivity contribution is 6.35. The van der Waals surface area contributed by atoms with Gasteiger partial charge in [-0.15, -0.1) is 0 Å². The van der Waals surface area contributed by atoms with Crippen molar-refractivity contribution in [3.05, 3.63) is 64.6 Å². The van der Waals surface area contributed by atoms with E-state index in [0.29, 0.717) is 16.7 Å². The van der Waals surface area contributed by atoms with Gasteiger partial charge in [-0.2, -0.15) is 0 Å². The summed E-state index contributed by atoms with van der Waals surface area (Å²) in [5.41, 5.74) is 1.36. The summed E-state index contributed by atoms with van der Waals surface area (Å²) < 4.78 is 18.7. The molecule has 0 amide bonds. The number of methoxy groups -OCH3 is 1. The van der Waals surface area contributed by atoms with Gasteiger partial charge in [-0.25, -0.2) is 4.39 Å². The van der Waals surface area contributed by atoms with Gasteiger partial charge in [-0.05, 0) is 30.3 Å². The zero-order chi connectivity index (χ0) is 15.0. The van der Waals surface area contributed by atoms with Crippen molar-refractivity contribution >= 4 is 28.3 Å². The number of benzene rings is 2. The number of fused-ring (bicyclic) bond motifs is 1. The number of carbonyl (C=O) groups is 1. The summed E-state index contributed by atoms with van der Waals surface area (Å²) in [6.07, 6.45) is 1.59. The van der Waals surface area contributed by atoms with Gasteiger partial charge in [0.1, 0.15) is 11.6 Å². The predicted molar refractivity (Wildman–Crippen MR) is 79.7 cm³/mol. The van der Waals surface area contributed by atoms with Crippen molar-refractivity contribution in [1.82, 2.24) is 4.98 Å². The quantitative estimate of drug-likeness (QED) is 0.737. The third-order valence-corrected chi connectivity index (χ3v) is 3.71. The first kappa shape index (κ1) is 13.6. The van der Waals surface area contributed by atoms with E-state index in [9.17, 15) is 9.18 Å². The minimum absolute atomic E-state index is 0.139. The van der Waals surface area contributed by atoms with Crippen LogP contribution >= 0.6 is 11.6 Å². The molecule has 0 saturated heterocycles. The molecule has 0 atom stereocenters. The Morgan fingerprint density at radius 3 is 2.81 bits per heavy atom. The number of ether oxygens (including phenoxy) is 1. The summed E-state index contributed by atoms with van der Waals surface area (Å²) in [6, 6.07) is 9.56. The number of halogens is 2. The fourth-order valence-corrected chi connectivity index (χ4v) is 2.45. The number of rotatable bonds is 3. The van der Waals surface area contributed by atoms with Crippen molar-refractivity contribution in [2.24, 2.45) is 0 Å². The predicted octanol–water partition coefficient (Wildman–Crippen LogP) is 4.20. The SMILES string of the molecule is COc1ccc2[nH]cc(C(=O)c3cccc(F)c3Cl)c2c1. The Hall–Kier alpha value is -2.33. The van der Waals surface area contributed by atoms with E-state index < -0.39 is 5.82 Å². The Morgan fingerprint density at radius 2 is 2.05 bits per heavy atom. The Labute approximate surface area is 125 Å². The standard InChI is InChI=1S/C16H11ClFNO2/c1-21-9-5-6-14-11(7-9)12(8-19-14)16(20)10-3-2-4-13(18)15(10)17/h2-8,19H,1H3. The molecule has 0 saturated carbocycles. The summed E-state index contributed by atoms with van der Waals surface area (Å²) in [7, 11) is 1.55. The number of nitrogens with one attached hydrogen (secondary N) is 1. The van der Waals surface area contributed by atoms with E-state index in [4.69, 9.17) is 16.3 Å². The van der Waals surface area contributed by atoms with E-state index in [1.807, 2.05) is 6.07 Å². The summed E-state index contributed by atoms with van der Waals surface area (Å²) >= 11 is 5.88. The number of aromatic amines is 1. The lowest BCUT2D eigenvalue weighted by Gasteiger charge is -2.04. The largest absolute Gasteiger partial charge is 0.497 e. The highest BCUT2D eigenvalue weighted by atomic mass is 35.5. The second-order valence-electron chi connectivity index (χ2n) is 4.54. The van der Waals surface area contributed by atoms with E-state index in [-0.39, 0.29) is 16.4 Å². The third kappa shape index (κ3) is 2.28. The monoisotopic (exact) mass is 303 g/mol. The van der Waals surface area contributed by atoms with E-state index in [1.165, 1.54) is 18.2 Å². The van der Waals surface area contributed by atoms with Gasteiger partial charge in [-0.3, -0.25) is 4.79 Å². The zero-order valence-corrected chi connectivity index (χ0v) is 11.9. The van der Waals surface area contributed by atoms with Crippen LogP contribution in [-0.2, 0) is 0 Å². The Morgan fingerprint density at radius 1 is 1.24 bits per heavy atom. The van der Waals surface area contributed by atoms with Crippen LogP contribution in [0, 0.1) is 5.82 Å². The number of aromatic nitrogens is 1. The van der Waals surface area contributed by atoms with Crippen LogP contribution in [0.1, 0.15) is 15.9 Å². The van der Waals surface area contributed by atoms with Gasteiger partial charge in [0.25, 0.3) is 0 Å². The molecule has 1 heterocycles. The van der Waals surface area contributed by atoms with E-state index >= 15 is 0 Å². The summed E-state index contributed by atoms with van der Waals surface area (Å²) in [5, 5.41) is 0.541. The van der Waals surface area contributed by atoms with Crippen LogP contribution < -0.4 is 4.74 Å². The summed E-state index contributed by atoms with van der Waals surface area (Å²) in [4.78, 5) is 15.6. The smallest absolute Gasteiger partial charge is 0.196 e. The van der Waals surface area contributed by atoms with Crippen LogP contribution in [0.2, 0.25) is 5.02 Å². The maximum atomic E-state index is 13.5. The number of H-pyrrole nitrogens is 1. The molecule has 0 bridgehead atoms. The fraction of sp³-hybridized carbons (Fsp3) is 0.0625. The molecular formula is C16H11ClFNO2. The molecule has 106 valence electrons. The summed E-state index contributed by atoms with van der Waals surface area (Å²) in [5.74, 6) is -0.305. The molecule has 0 aliphatic carbocycles. The molecule has 0 unspecified atom stereocenters. The number of ketones is 1. The summed E-state index contributed by atoms with van der Waals surface area (Å²) in [6.45, 7) is 0. The number of hydrogen-bond donors (Lipinski definition) is 1. The minimum atomic E-state index is -0.611. The van der Waals surface area contributed by atoms with Crippen molar-refractivity contribution < 1.29 is 13.9 Å². The molecule has 21 heavy (non-hydrogen) atoms. The minimum Gasteiger partial charge on any atom is -0.497 e. The Bertz CT molecular complexity index is 841. The van der Waals surface area contributed by atoms with Gasteiger partial charge in [0.2, 0.25) is 0 Å².